The molecule has 4 atom stereocenters. The second-order valence-corrected chi connectivity index (χ2v) is 6.95. The van der Waals surface area contributed by atoms with Gasteiger partial charge in [0.15, 0.2) is 0 Å². The lowest BCUT2D eigenvalue weighted by Gasteiger charge is -2.45. The molecule has 20 heavy (non-hydrogen) atoms. The summed E-state index contributed by atoms with van der Waals surface area (Å²) in [5.41, 5.74) is 5.69. The van der Waals surface area contributed by atoms with Gasteiger partial charge in [0, 0.05) is 24.2 Å². The molecule has 0 bridgehead atoms. The van der Waals surface area contributed by atoms with Crippen LogP contribution in [0, 0.1) is 23.2 Å². The summed E-state index contributed by atoms with van der Waals surface area (Å²) in [6, 6.07) is 0. The summed E-state index contributed by atoms with van der Waals surface area (Å²) in [6.07, 6.45) is 11.0. The first-order valence-corrected chi connectivity index (χ1v) is 7.68. The van der Waals surface area contributed by atoms with Crippen molar-refractivity contribution in [1.82, 2.24) is 0 Å². The first-order chi connectivity index (χ1) is 9.59. The monoisotopic (exact) mass is 268 g/mol. The number of aliphatic hydroxyl groups is 1. The fourth-order valence-electron chi connectivity index (χ4n) is 4.83. The van der Waals surface area contributed by atoms with Gasteiger partial charge >= 0.3 is 0 Å². The minimum Gasteiger partial charge on any atom is -0.504 e. The predicted octanol–water partition coefficient (Wildman–Crippen LogP) is 3.87. The predicted molar refractivity (Wildman–Crippen MR) is 77.1 cm³/mol. The fraction of sp³-hybridized carbons (Fsp3) is 0.556. The summed E-state index contributed by atoms with van der Waals surface area (Å²) >= 11 is 0. The largest absolute Gasteiger partial charge is 0.504 e. The van der Waals surface area contributed by atoms with Crippen LogP contribution >= 0.6 is 0 Å². The summed E-state index contributed by atoms with van der Waals surface area (Å²) in [5, 5.41) is 9.64. The van der Waals surface area contributed by atoms with E-state index in [1.165, 1.54) is 11.1 Å². The molecule has 0 amide bonds. The van der Waals surface area contributed by atoms with Crippen molar-refractivity contribution in [1.29, 1.82) is 0 Å². The first kappa shape index (κ1) is 12.2. The van der Waals surface area contributed by atoms with Gasteiger partial charge in [-0.1, -0.05) is 36.0 Å². The smallest absolute Gasteiger partial charge is 0.139 e. The number of aliphatic hydroxyl groups excluding tert-OH is 1. The van der Waals surface area contributed by atoms with E-state index in [4.69, 9.17) is 0 Å². The Morgan fingerprint density at radius 2 is 2.20 bits per heavy atom. The molecule has 0 unspecified atom stereocenters. The minimum absolute atomic E-state index is 0.107. The molecular weight excluding hydrogens is 248 g/mol. The quantitative estimate of drug-likeness (QED) is 0.677. The average molecular weight is 268 g/mol. The van der Waals surface area contributed by atoms with E-state index in [1.54, 1.807) is 0 Å². The third-order valence-corrected chi connectivity index (χ3v) is 6.02. The first-order valence-electron chi connectivity index (χ1n) is 7.68. The van der Waals surface area contributed by atoms with Gasteiger partial charge in [-0.15, -0.1) is 0 Å². The number of hydrogen-bond donors (Lipinski definition) is 1. The van der Waals surface area contributed by atoms with Crippen LogP contribution in [0.5, 0.6) is 0 Å². The van der Waals surface area contributed by atoms with Crippen molar-refractivity contribution in [2.24, 2.45) is 23.2 Å². The molecule has 2 heteroatoms. The highest BCUT2D eigenvalue weighted by atomic mass is 16.3. The molecule has 0 aromatic heterocycles. The molecule has 2 fully saturated rings. The average Bonchev–Trinajstić information content (AvgIpc) is 2.74. The SMILES string of the molecule is C[C@]12CC[C@H]3C(=CC=C4CC(O)=C=C[C@@H]43)[C@@H]1CCC2=O. The second kappa shape index (κ2) is 3.99. The molecule has 0 spiro atoms. The number of carbonyl (C=O) groups excluding carboxylic acids is 1. The van der Waals surface area contributed by atoms with E-state index >= 15 is 0 Å². The van der Waals surface area contributed by atoms with Crippen LogP contribution in [0.4, 0.5) is 0 Å². The molecule has 2 saturated carbocycles. The highest BCUT2D eigenvalue weighted by molar-refractivity contribution is 5.88. The fourth-order valence-corrected chi connectivity index (χ4v) is 4.83. The Morgan fingerprint density at radius 3 is 3.05 bits per heavy atom. The third kappa shape index (κ3) is 1.49. The molecule has 104 valence electrons. The molecule has 4 aliphatic rings. The lowest BCUT2D eigenvalue weighted by Crippen LogP contribution is -2.40. The van der Waals surface area contributed by atoms with E-state index in [-0.39, 0.29) is 5.41 Å². The highest BCUT2D eigenvalue weighted by Gasteiger charge is 2.52. The van der Waals surface area contributed by atoms with Gasteiger partial charge in [-0.2, -0.15) is 0 Å². The molecule has 0 radical (unpaired) electrons. The number of carbonyl (C=O) groups is 1. The molecule has 0 aliphatic heterocycles. The standard InChI is InChI=1S/C18H20O2/c1-18-9-8-14-13-5-3-12(19)10-11(13)2-4-15(14)16(18)6-7-17(18)20/h2,4-5,13-14,16,19H,6-10H2,1H3/t13-,14+,16-,18-/m0/s1. The summed E-state index contributed by atoms with van der Waals surface area (Å²) in [4.78, 5) is 12.2. The van der Waals surface area contributed by atoms with Crippen molar-refractivity contribution in [2.45, 2.75) is 39.0 Å². The highest BCUT2D eigenvalue weighted by Crippen LogP contribution is 2.57. The normalized spacial score (nSPS) is 42.1. The number of ketones is 1. The maximum absolute atomic E-state index is 12.2. The van der Waals surface area contributed by atoms with Gasteiger partial charge in [-0.05, 0) is 37.2 Å². The van der Waals surface area contributed by atoms with E-state index in [0.29, 0.717) is 35.7 Å². The summed E-state index contributed by atoms with van der Waals surface area (Å²) in [5.74, 6) is 2.18. The summed E-state index contributed by atoms with van der Waals surface area (Å²) in [6.45, 7) is 2.17. The topological polar surface area (TPSA) is 37.3 Å². The minimum atomic E-state index is -0.107. The Kier molecular flexibility index (Phi) is 2.44. The zero-order valence-corrected chi connectivity index (χ0v) is 11.9. The summed E-state index contributed by atoms with van der Waals surface area (Å²) < 4.78 is 0. The van der Waals surface area contributed by atoms with E-state index in [1.807, 2.05) is 6.08 Å². The maximum atomic E-state index is 12.2. The van der Waals surface area contributed by atoms with Crippen molar-refractivity contribution in [3.05, 3.63) is 40.9 Å². The molecule has 4 rings (SSSR count). The molecular formula is C18H20O2. The van der Waals surface area contributed by atoms with Gasteiger partial charge < -0.3 is 5.11 Å². The molecule has 4 aliphatic carbocycles. The lowest BCUT2D eigenvalue weighted by molar-refractivity contribution is -0.127. The number of rotatable bonds is 0. The molecule has 0 aromatic carbocycles. The van der Waals surface area contributed by atoms with E-state index in [0.717, 1.165) is 25.7 Å². The van der Waals surface area contributed by atoms with Crippen LogP contribution in [-0.4, -0.2) is 10.9 Å². The molecule has 0 aromatic rings. The van der Waals surface area contributed by atoms with E-state index < -0.39 is 0 Å². The summed E-state index contributed by atoms with van der Waals surface area (Å²) in [7, 11) is 0. The Morgan fingerprint density at radius 1 is 1.35 bits per heavy atom. The van der Waals surface area contributed by atoms with Gasteiger partial charge in [0.05, 0.1) is 0 Å². The Bertz CT molecular complexity index is 615. The van der Waals surface area contributed by atoms with Gasteiger partial charge in [0.25, 0.3) is 0 Å². The van der Waals surface area contributed by atoms with Crippen LogP contribution in [0.15, 0.2) is 40.9 Å². The van der Waals surface area contributed by atoms with E-state index in [2.05, 4.69) is 24.8 Å². The van der Waals surface area contributed by atoms with Crippen LogP contribution in [0.3, 0.4) is 0 Å². The molecule has 0 saturated heterocycles. The van der Waals surface area contributed by atoms with Crippen LogP contribution in [0.2, 0.25) is 0 Å². The van der Waals surface area contributed by atoms with Gasteiger partial charge in [-0.3, -0.25) is 4.79 Å². The third-order valence-electron chi connectivity index (χ3n) is 6.02. The van der Waals surface area contributed by atoms with Crippen molar-refractivity contribution in [2.75, 3.05) is 0 Å². The molecule has 1 N–H and O–H groups in total. The van der Waals surface area contributed by atoms with Crippen LogP contribution in [0.1, 0.15) is 39.0 Å². The van der Waals surface area contributed by atoms with Crippen molar-refractivity contribution in [3.63, 3.8) is 0 Å². The Balaban J connectivity index is 1.75. The zero-order valence-electron chi connectivity index (χ0n) is 11.9. The van der Waals surface area contributed by atoms with E-state index in [9.17, 15) is 9.90 Å². The molecule has 2 nitrogen and oxygen atoms in total. The van der Waals surface area contributed by atoms with Crippen LogP contribution in [0.25, 0.3) is 0 Å². The maximum Gasteiger partial charge on any atom is 0.139 e. The molecule has 0 heterocycles. The van der Waals surface area contributed by atoms with Gasteiger partial charge in [0.1, 0.15) is 11.5 Å². The zero-order chi connectivity index (χ0) is 13.9. The van der Waals surface area contributed by atoms with Crippen molar-refractivity contribution in [3.8, 4) is 0 Å². The number of allylic oxidation sites excluding steroid dienone is 4. The van der Waals surface area contributed by atoms with Crippen LogP contribution < -0.4 is 0 Å². The number of fused-ring (bicyclic) bond motifs is 5. The number of hydrogen-bond acceptors (Lipinski definition) is 2. The number of Topliss-reactive ketones (excluding diaryl/α,β-unsaturated/α-hetero) is 1. The van der Waals surface area contributed by atoms with Crippen LogP contribution in [-0.2, 0) is 4.79 Å². The lowest BCUT2D eigenvalue weighted by atomic mass is 9.58. The van der Waals surface area contributed by atoms with Gasteiger partial charge in [-0.25, -0.2) is 0 Å². The Labute approximate surface area is 119 Å². The van der Waals surface area contributed by atoms with Crippen molar-refractivity contribution < 1.29 is 9.90 Å². The van der Waals surface area contributed by atoms with Crippen molar-refractivity contribution >= 4 is 5.78 Å². The van der Waals surface area contributed by atoms with Gasteiger partial charge in [0.2, 0.25) is 0 Å². The second-order valence-electron chi connectivity index (χ2n) is 6.95. The Hall–Kier alpha value is -1.53.